The van der Waals surface area contributed by atoms with Gasteiger partial charge in [0.2, 0.25) is 5.88 Å². The average Bonchev–Trinajstić information content (AvgIpc) is 3.27. The molecule has 2 heterocycles. The smallest absolute Gasteiger partial charge is 0.417 e. The van der Waals surface area contributed by atoms with Crippen LogP contribution < -0.4 is 20.1 Å². The molecular weight excluding hydrogens is 549 g/mol. The zero-order valence-electron chi connectivity index (χ0n) is 21.0. The molecule has 5 rings (SSSR count). The molecular formula is C27H20ClF3N6O3. The van der Waals surface area contributed by atoms with E-state index in [0.29, 0.717) is 39.8 Å². The molecule has 5 aromatic rings. The minimum absolute atomic E-state index is 0.0625. The lowest BCUT2D eigenvalue weighted by Crippen LogP contribution is -2.19. The topological polar surface area (TPSA) is 103 Å². The first kappa shape index (κ1) is 26.8. The Hall–Kier alpha value is -4.84. The van der Waals surface area contributed by atoms with Crippen LogP contribution in [0.1, 0.15) is 11.3 Å². The van der Waals surface area contributed by atoms with E-state index in [1.165, 1.54) is 12.4 Å². The van der Waals surface area contributed by atoms with Gasteiger partial charge >= 0.3 is 12.2 Å². The van der Waals surface area contributed by atoms with Gasteiger partial charge in [-0.2, -0.15) is 18.3 Å². The number of benzene rings is 3. The molecule has 2 amide bonds. The van der Waals surface area contributed by atoms with Gasteiger partial charge in [-0.3, -0.25) is 0 Å². The van der Waals surface area contributed by atoms with E-state index in [1.807, 2.05) is 31.2 Å². The summed E-state index contributed by atoms with van der Waals surface area (Å²) in [6.45, 7) is 1.82. The number of fused-ring (bicyclic) bond motifs is 1. The van der Waals surface area contributed by atoms with Crippen molar-refractivity contribution >= 4 is 40.0 Å². The number of methoxy groups -OCH3 is 1. The minimum Gasteiger partial charge on any atom is -0.497 e. The third-order valence-corrected chi connectivity index (χ3v) is 6.11. The Labute approximate surface area is 230 Å². The zero-order chi connectivity index (χ0) is 28.4. The lowest BCUT2D eigenvalue weighted by atomic mass is 10.2. The van der Waals surface area contributed by atoms with E-state index in [4.69, 9.17) is 21.1 Å². The molecule has 0 radical (unpaired) electrons. The normalized spacial score (nSPS) is 11.3. The SMILES string of the molecule is COc1ccc(-n2nc(C)c3c(Oc4ccc(NC(=O)Nc5ccc(Cl)c(C(F)(F)F)c5)cc4)ncnc32)cc1. The van der Waals surface area contributed by atoms with E-state index >= 15 is 0 Å². The Bertz CT molecular complexity index is 1690. The van der Waals surface area contributed by atoms with Crippen molar-refractivity contribution in [2.24, 2.45) is 0 Å². The fourth-order valence-electron chi connectivity index (χ4n) is 3.90. The number of carbonyl (C=O) groups is 1. The molecule has 0 aliphatic carbocycles. The van der Waals surface area contributed by atoms with Crippen LogP contribution in [0, 0.1) is 6.92 Å². The molecule has 40 heavy (non-hydrogen) atoms. The molecule has 3 aromatic carbocycles. The number of ether oxygens (including phenoxy) is 2. The summed E-state index contributed by atoms with van der Waals surface area (Å²) in [7, 11) is 1.59. The van der Waals surface area contributed by atoms with Crippen molar-refractivity contribution in [3.63, 3.8) is 0 Å². The third-order valence-electron chi connectivity index (χ3n) is 5.78. The quantitative estimate of drug-likeness (QED) is 0.224. The fraction of sp³-hybridized carbons (Fsp3) is 0.111. The average molecular weight is 569 g/mol. The molecule has 0 bridgehead atoms. The molecule has 204 valence electrons. The van der Waals surface area contributed by atoms with Gasteiger partial charge in [0.1, 0.15) is 23.2 Å². The Morgan fingerprint density at radius 3 is 2.25 bits per heavy atom. The number of hydrogen-bond donors (Lipinski definition) is 2. The highest BCUT2D eigenvalue weighted by molar-refractivity contribution is 6.31. The van der Waals surface area contributed by atoms with E-state index in [1.54, 1.807) is 36.1 Å². The number of aromatic nitrogens is 4. The monoisotopic (exact) mass is 568 g/mol. The third kappa shape index (κ3) is 5.61. The number of carbonyl (C=O) groups excluding carboxylic acids is 1. The summed E-state index contributed by atoms with van der Waals surface area (Å²) in [5.74, 6) is 1.44. The van der Waals surface area contributed by atoms with Gasteiger partial charge in [-0.05, 0) is 73.7 Å². The summed E-state index contributed by atoms with van der Waals surface area (Å²) >= 11 is 5.62. The van der Waals surface area contributed by atoms with Crippen LogP contribution in [0.2, 0.25) is 5.02 Å². The number of rotatable bonds is 6. The molecule has 0 fully saturated rings. The van der Waals surface area contributed by atoms with Crippen molar-refractivity contribution in [1.29, 1.82) is 0 Å². The van der Waals surface area contributed by atoms with Crippen molar-refractivity contribution < 1.29 is 27.4 Å². The summed E-state index contributed by atoms with van der Waals surface area (Å²) in [4.78, 5) is 21.0. The van der Waals surface area contributed by atoms with E-state index in [2.05, 4.69) is 25.7 Å². The number of anilines is 2. The van der Waals surface area contributed by atoms with E-state index in [-0.39, 0.29) is 5.69 Å². The second kappa shape index (κ2) is 10.7. The Morgan fingerprint density at radius 1 is 0.925 bits per heavy atom. The highest BCUT2D eigenvalue weighted by Crippen LogP contribution is 2.36. The Morgan fingerprint density at radius 2 is 1.57 bits per heavy atom. The van der Waals surface area contributed by atoms with Crippen LogP contribution in [0.15, 0.2) is 73.1 Å². The lowest BCUT2D eigenvalue weighted by molar-refractivity contribution is -0.137. The molecule has 0 aliphatic heterocycles. The molecule has 0 unspecified atom stereocenters. The Balaban J connectivity index is 1.30. The predicted octanol–water partition coefficient (Wildman–Crippen LogP) is 7.24. The summed E-state index contributed by atoms with van der Waals surface area (Å²) in [6, 6.07) is 16.1. The van der Waals surface area contributed by atoms with Crippen LogP contribution in [-0.2, 0) is 6.18 Å². The van der Waals surface area contributed by atoms with Crippen LogP contribution in [0.5, 0.6) is 17.4 Å². The first-order valence-electron chi connectivity index (χ1n) is 11.7. The number of aryl methyl sites for hydroxylation is 1. The maximum atomic E-state index is 13.1. The van der Waals surface area contributed by atoms with Gasteiger partial charge in [-0.1, -0.05) is 11.6 Å². The fourth-order valence-corrected chi connectivity index (χ4v) is 4.12. The lowest BCUT2D eigenvalue weighted by Gasteiger charge is -2.12. The number of hydrogen-bond acceptors (Lipinski definition) is 6. The van der Waals surface area contributed by atoms with Gasteiger partial charge in [0.25, 0.3) is 0 Å². The van der Waals surface area contributed by atoms with Crippen molar-refractivity contribution in [2.45, 2.75) is 13.1 Å². The van der Waals surface area contributed by atoms with Crippen LogP contribution in [0.25, 0.3) is 16.7 Å². The van der Waals surface area contributed by atoms with E-state index in [9.17, 15) is 18.0 Å². The highest BCUT2D eigenvalue weighted by Gasteiger charge is 2.33. The van der Waals surface area contributed by atoms with E-state index in [0.717, 1.165) is 17.8 Å². The largest absolute Gasteiger partial charge is 0.497 e. The first-order valence-corrected chi connectivity index (χ1v) is 12.1. The Kier molecular flexibility index (Phi) is 7.18. The van der Waals surface area contributed by atoms with Gasteiger partial charge < -0.3 is 20.1 Å². The molecule has 13 heteroatoms. The van der Waals surface area contributed by atoms with Crippen LogP contribution in [-0.4, -0.2) is 32.9 Å². The molecule has 0 spiro atoms. The summed E-state index contributed by atoms with van der Waals surface area (Å²) in [5.41, 5.74) is 1.27. The summed E-state index contributed by atoms with van der Waals surface area (Å²) in [5, 5.41) is 9.67. The predicted molar refractivity (Wildman–Crippen MR) is 144 cm³/mol. The molecule has 0 saturated carbocycles. The number of halogens is 4. The standard InChI is InChI=1S/C27H20ClF3N6O3/c1-15-23-24(37(36-15)18-6-10-19(39-2)11-7-18)32-14-33-25(23)40-20-8-3-16(4-9-20)34-26(38)35-17-5-12-22(28)21(13-17)27(29,30)31/h3-14H,1-2H3,(H2,34,35,38). The molecule has 0 atom stereocenters. The number of alkyl halides is 3. The second-order valence-corrected chi connectivity index (χ2v) is 8.88. The molecule has 2 N–H and O–H groups in total. The molecule has 0 aliphatic rings. The summed E-state index contributed by atoms with van der Waals surface area (Å²) < 4.78 is 52.1. The number of nitrogens with zero attached hydrogens (tertiary/aromatic N) is 4. The van der Waals surface area contributed by atoms with Crippen molar-refractivity contribution in [1.82, 2.24) is 19.7 Å². The number of amides is 2. The van der Waals surface area contributed by atoms with Crippen LogP contribution >= 0.6 is 11.6 Å². The molecule has 2 aromatic heterocycles. The van der Waals surface area contributed by atoms with Crippen LogP contribution in [0.3, 0.4) is 0 Å². The molecule has 0 saturated heterocycles. The number of nitrogens with one attached hydrogen (secondary N) is 2. The molecule has 9 nitrogen and oxygen atoms in total. The maximum absolute atomic E-state index is 13.1. The van der Waals surface area contributed by atoms with E-state index < -0.39 is 22.8 Å². The van der Waals surface area contributed by atoms with Gasteiger partial charge in [0.05, 0.1) is 29.1 Å². The van der Waals surface area contributed by atoms with Crippen molar-refractivity contribution in [2.75, 3.05) is 17.7 Å². The van der Waals surface area contributed by atoms with Crippen molar-refractivity contribution in [3.8, 4) is 23.1 Å². The van der Waals surface area contributed by atoms with Crippen LogP contribution in [0.4, 0.5) is 29.3 Å². The van der Waals surface area contributed by atoms with Gasteiger partial charge in [0.15, 0.2) is 5.65 Å². The first-order chi connectivity index (χ1) is 19.1. The second-order valence-electron chi connectivity index (χ2n) is 8.47. The number of urea groups is 1. The zero-order valence-corrected chi connectivity index (χ0v) is 21.7. The minimum atomic E-state index is -4.65. The maximum Gasteiger partial charge on any atom is 0.417 e. The van der Waals surface area contributed by atoms with Gasteiger partial charge in [-0.15, -0.1) is 0 Å². The highest BCUT2D eigenvalue weighted by atomic mass is 35.5. The van der Waals surface area contributed by atoms with Gasteiger partial charge in [-0.25, -0.2) is 19.4 Å². The van der Waals surface area contributed by atoms with Crippen molar-refractivity contribution in [3.05, 3.63) is 89.3 Å². The van der Waals surface area contributed by atoms with Gasteiger partial charge in [0, 0.05) is 11.4 Å². The summed E-state index contributed by atoms with van der Waals surface area (Å²) in [6.07, 6.45) is -3.27.